The first-order valence-electron chi connectivity index (χ1n) is 14.9. The lowest BCUT2D eigenvalue weighted by Gasteiger charge is -2.29. The molecule has 2 aliphatic heterocycles. The summed E-state index contributed by atoms with van der Waals surface area (Å²) >= 11 is 0. The van der Waals surface area contributed by atoms with Crippen LogP contribution in [0.3, 0.4) is 0 Å². The van der Waals surface area contributed by atoms with Gasteiger partial charge >= 0.3 is 10.1 Å². The first-order chi connectivity index (χ1) is 19.4. The van der Waals surface area contributed by atoms with E-state index < -0.39 is 10.1 Å². The molecule has 1 aromatic heterocycles. The molecule has 0 spiro atoms. The van der Waals surface area contributed by atoms with Gasteiger partial charge in [0.1, 0.15) is 10.7 Å². The van der Waals surface area contributed by atoms with Crippen LogP contribution in [0.2, 0.25) is 0 Å². The monoisotopic (exact) mass is 580 g/mol. The Morgan fingerprint density at radius 3 is 2.15 bits per heavy atom. The van der Waals surface area contributed by atoms with Crippen LogP contribution < -0.4 is 9.08 Å². The zero-order chi connectivity index (χ0) is 29.5. The summed E-state index contributed by atoms with van der Waals surface area (Å²) in [4.78, 5) is 14.3. The van der Waals surface area contributed by atoms with E-state index in [1.807, 2.05) is 45.9 Å². The van der Waals surface area contributed by atoms with Crippen molar-refractivity contribution in [1.82, 2.24) is 14.9 Å². The number of aromatic nitrogens is 2. The third kappa shape index (κ3) is 6.22. The van der Waals surface area contributed by atoms with Crippen molar-refractivity contribution in [1.29, 1.82) is 0 Å². The summed E-state index contributed by atoms with van der Waals surface area (Å²) in [5.74, 6) is 0.865. The molecule has 2 aliphatic rings. The minimum absolute atomic E-state index is 0.00625. The molecular formula is C32H44N4O4S. The van der Waals surface area contributed by atoms with E-state index in [9.17, 15) is 8.42 Å². The topological polar surface area (TPSA) is 84.9 Å². The fourth-order valence-electron chi connectivity index (χ4n) is 5.87. The summed E-state index contributed by atoms with van der Waals surface area (Å²) in [6.45, 7) is 20.4. The number of hydrogen-bond donors (Lipinski definition) is 0. The predicted molar refractivity (Wildman–Crippen MR) is 164 cm³/mol. The van der Waals surface area contributed by atoms with Crippen LogP contribution in [0.1, 0.15) is 87.4 Å². The van der Waals surface area contributed by atoms with E-state index >= 15 is 0 Å². The van der Waals surface area contributed by atoms with Crippen LogP contribution >= 0.6 is 0 Å². The van der Waals surface area contributed by atoms with E-state index in [4.69, 9.17) is 8.92 Å². The molecule has 0 unspecified atom stereocenters. The molecule has 9 heteroatoms. The number of hydrogen-bond acceptors (Lipinski definition) is 8. The molecule has 41 heavy (non-hydrogen) atoms. The molecule has 0 saturated carbocycles. The Kier molecular flexibility index (Phi) is 8.60. The van der Waals surface area contributed by atoms with Gasteiger partial charge in [0.25, 0.3) is 0 Å². The number of nitrogens with zero attached hydrogens (tertiary/aromatic N) is 4. The number of morpholine rings is 1. The predicted octanol–water partition coefficient (Wildman–Crippen LogP) is 5.77. The lowest BCUT2D eigenvalue weighted by molar-refractivity contribution is 0.0392. The molecule has 2 aromatic carbocycles. The molecule has 3 heterocycles. The van der Waals surface area contributed by atoms with Crippen LogP contribution in [0.25, 0.3) is 10.9 Å². The second-order valence-corrected chi connectivity index (χ2v) is 13.8. The van der Waals surface area contributed by atoms with Gasteiger partial charge in [-0.25, -0.2) is 4.98 Å². The minimum atomic E-state index is -4.19. The number of benzene rings is 2. The number of aryl methyl sites for hydroxylation is 1. The highest BCUT2D eigenvalue weighted by Gasteiger charge is 2.31. The maximum atomic E-state index is 14.2. The maximum absolute atomic E-state index is 14.2. The van der Waals surface area contributed by atoms with Gasteiger partial charge in [-0.05, 0) is 65.5 Å². The molecule has 5 rings (SSSR count). The third-order valence-electron chi connectivity index (χ3n) is 8.27. The summed E-state index contributed by atoms with van der Waals surface area (Å²) in [5.41, 5.74) is 5.73. The van der Waals surface area contributed by atoms with Crippen LogP contribution in [0.4, 0.5) is 5.69 Å². The zero-order valence-electron chi connectivity index (χ0n) is 25.5. The minimum Gasteiger partial charge on any atom is -0.379 e. The van der Waals surface area contributed by atoms with Crippen molar-refractivity contribution >= 4 is 26.7 Å². The molecule has 0 amide bonds. The lowest BCUT2D eigenvalue weighted by atomic mass is 9.89. The Hall–Kier alpha value is -2.75. The van der Waals surface area contributed by atoms with E-state index in [0.29, 0.717) is 16.7 Å². The van der Waals surface area contributed by atoms with Crippen molar-refractivity contribution in [3.05, 3.63) is 52.3 Å². The molecular weight excluding hydrogens is 536 g/mol. The number of rotatable bonds is 9. The molecule has 0 N–H and O–H groups in total. The van der Waals surface area contributed by atoms with Gasteiger partial charge < -0.3 is 13.8 Å². The molecule has 8 nitrogen and oxygen atoms in total. The van der Waals surface area contributed by atoms with Crippen LogP contribution in [0.5, 0.6) is 5.88 Å². The Morgan fingerprint density at radius 2 is 1.54 bits per heavy atom. The van der Waals surface area contributed by atoms with Gasteiger partial charge in [-0.1, -0.05) is 53.7 Å². The van der Waals surface area contributed by atoms with Crippen molar-refractivity contribution < 1.29 is 17.3 Å². The molecule has 1 fully saturated rings. The second kappa shape index (κ2) is 11.9. The molecule has 0 bridgehead atoms. The SMILES string of the molecule is Cc1nc(OS(=O)(=O)c2c(C(C)C)cc(C(C)C)cc2C(C)C)c2cc3c(cc2n1)CCN3CCN1CCOCC1. The van der Waals surface area contributed by atoms with Gasteiger partial charge in [0.15, 0.2) is 0 Å². The number of fused-ring (bicyclic) bond motifs is 2. The molecule has 3 aromatic rings. The summed E-state index contributed by atoms with van der Waals surface area (Å²) in [6, 6.07) is 8.15. The van der Waals surface area contributed by atoms with Gasteiger partial charge in [0, 0.05) is 38.4 Å². The van der Waals surface area contributed by atoms with Crippen molar-refractivity contribution in [2.24, 2.45) is 0 Å². The molecule has 0 atom stereocenters. The van der Waals surface area contributed by atoms with Crippen LogP contribution in [0.15, 0.2) is 29.2 Å². The fourth-order valence-corrected chi connectivity index (χ4v) is 7.45. The van der Waals surface area contributed by atoms with Crippen molar-refractivity contribution in [3.63, 3.8) is 0 Å². The summed E-state index contributed by atoms with van der Waals surface area (Å²) < 4.78 is 39.8. The average molecular weight is 581 g/mol. The van der Waals surface area contributed by atoms with Crippen molar-refractivity contribution in [2.75, 3.05) is 50.8 Å². The first kappa shape index (κ1) is 29.7. The molecule has 0 aliphatic carbocycles. The van der Waals surface area contributed by atoms with Gasteiger partial charge in [-0.2, -0.15) is 13.4 Å². The van der Waals surface area contributed by atoms with E-state index in [0.717, 1.165) is 74.7 Å². The third-order valence-corrected chi connectivity index (χ3v) is 9.62. The molecule has 1 saturated heterocycles. The quantitative estimate of drug-likeness (QED) is 0.295. The van der Waals surface area contributed by atoms with Gasteiger partial charge in [0.05, 0.1) is 24.1 Å². The largest absolute Gasteiger partial charge is 0.379 e. The highest BCUT2D eigenvalue weighted by molar-refractivity contribution is 7.87. The average Bonchev–Trinajstić information content (AvgIpc) is 3.31. The normalized spacial score (nSPS) is 16.4. The Labute approximate surface area is 245 Å². The fraction of sp³-hybridized carbons (Fsp3) is 0.562. The van der Waals surface area contributed by atoms with Crippen molar-refractivity contribution in [2.45, 2.75) is 77.5 Å². The van der Waals surface area contributed by atoms with Gasteiger partial charge in [0.2, 0.25) is 5.88 Å². The number of anilines is 1. The highest BCUT2D eigenvalue weighted by atomic mass is 32.2. The van der Waals surface area contributed by atoms with Gasteiger partial charge in [-0.15, -0.1) is 0 Å². The standard InChI is InChI=1S/C32H44N4O4S/c1-20(2)25-16-26(21(3)4)31(27(17-25)22(5)6)41(37,38)40-32-28-19-30-24(18-29(28)33-23(7)34-32)8-9-36(30)11-10-35-12-14-39-15-13-35/h16-22H,8-15H2,1-7H3. The maximum Gasteiger partial charge on any atom is 0.341 e. The summed E-state index contributed by atoms with van der Waals surface area (Å²) in [6.07, 6.45) is 0.934. The van der Waals surface area contributed by atoms with E-state index in [-0.39, 0.29) is 28.5 Å². The van der Waals surface area contributed by atoms with E-state index in [1.54, 1.807) is 6.92 Å². The summed E-state index contributed by atoms with van der Waals surface area (Å²) in [7, 11) is -4.19. The van der Waals surface area contributed by atoms with Crippen LogP contribution in [-0.4, -0.2) is 69.2 Å². The van der Waals surface area contributed by atoms with Crippen molar-refractivity contribution in [3.8, 4) is 5.88 Å². The summed E-state index contributed by atoms with van der Waals surface area (Å²) in [5, 5.41) is 0.618. The zero-order valence-corrected chi connectivity index (χ0v) is 26.3. The first-order valence-corrected chi connectivity index (χ1v) is 16.3. The smallest absolute Gasteiger partial charge is 0.341 e. The highest BCUT2D eigenvalue weighted by Crippen LogP contribution is 2.39. The van der Waals surface area contributed by atoms with Crippen LogP contribution in [-0.2, 0) is 21.3 Å². The lowest BCUT2D eigenvalue weighted by Crippen LogP contribution is -2.41. The second-order valence-electron chi connectivity index (χ2n) is 12.3. The van der Waals surface area contributed by atoms with Gasteiger partial charge in [-0.3, -0.25) is 4.90 Å². The van der Waals surface area contributed by atoms with E-state index in [1.165, 1.54) is 5.56 Å². The Bertz CT molecular complexity index is 1500. The molecule has 0 radical (unpaired) electrons. The Balaban J connectivity index is 1.54. The van der Waals surface area contributed by atoms with E-state index in [2.05, 4.69) is 39.7 Å². The number of ether oxygens (including phenoxy) is 1. The Morgan fingerprint density at radius 1 is 0.878 bits per heavy atom. The molecule has 222 valence electrons. The van der Waals surface area contributed by atoms with Crippen LogP contribution in [0, 0.1) is 6.92 Å².